The molecule has 5 heteroatoms. The van der Waals surface area contributed by atoms with Gasteiger partial charge in [0.15, 0.2) is 0 Å². The molecule has 2 heterocycles. The van der Waals surface area contributed by atoms with Crippen molar-refractivity contribution in [1.29, 1.82) is 0 Å². The smallest absolute Gasteiger partial charge is 0.312 e. The molecule has 0 bridgehead atoms. The Morgan fingerprint density at radius 2 is 2.08 bits per heavy atom. The number of halogens is 1. The van der Waals surface area contributed by atoms with E-state index in [1.807, 2.05) is 0 Å². The second kappa shape index (κ2) is 3.41. The van der Waals surface area contributed by atoms with Crippen LogP contribution in [0.25, 0.3) is 0 Å². The van der Waals surface area contributed by atoms with E-state index >= 15 is 0 Å². The number of piperidine rings is 1. The van der Waals surface area contributed by atoms with Gasteiger partial charge in [-0.05, 0) is 37.5 Å². The number of nitrogens with zero attached hydrogens (tertiary/aromatic N) is 2. The van der Waals surface area contributed by atoms with Gasteiger partial charge in [-0.25, -0.2) is 0 Å². The van der Waals surface area contributed by atoms with Crippen LogP contribution < -0.4 is 5.32 Å². The maximum absolute atomic E-state index is 5.52. The zero-order valence-electron chi connectivity index (χ0n) is 6.59. The molecule has 0 saturated carbocycles. The molecule has 2 rings (SSSR count). The van der Waals surface area contributed by atoms with E-state index in [4.69, 9.17) is 16.0 Å². The maximum Gasteiger partial charge on any atom is 0.312 e. The van der Waals surface area contributed by atoms with E-state index in [0.29, 0.717) is 11.8 Å². The summed E-state index contributed by atoms with van der Waals surface area (Å²) in [4.78, 5) is 0. The lowest BCUT2D eigenvalue weighted by atomic mass is 9.98. The molecule has 0 aromatic carbocycles. The number of rotatable bonds is 1. The number of hydrogen-bond donors (Lipinski definition) is 1. The lowest BCUT2D eigenvalue weighted by Gasteiger charge is -2.18. The molecule has 0 aliphatic carbocycles. The van der Waals surface area contributed by atoms with E-state index in [2.05, 4.69) is 15.5 Å². The molecular formula is C7H10ClN3O. The Morgan fingerprint density at radius 1 is 1.33 bits per heavy atom. The van der Waals surface area contributed by atoms with Gasteiger partial charge >= 0.3 is 5.35 Å². The highest BCUT2D eigenvalue weighted by molar-refractivity contribution is 6.27. The van der Waals surface area contributed by atoms with Gasteiger partial charge in [0.05, 0.1) is 0 Å². The quantitative estimate of drug-likeness (QED) is 0.718. The number of hydrogen-bond acceptors (Lipinski definition) is 4. The Labute approximate surface area is 75.3 Å². The molecule has 1 N–H and O–H groups in total. The molecule has 0 unspecified atom stereocenters. The van der Waals surface area contributed by atoms with Crippen LogP contribution in [0.3, 0.4) is 0 Å². The van der Waals surface area contributed by atoms with Gasteiger partial charge in [-0.3, -0.25) is 0 Å². The van der Waals surface area contributed by atoms with E-state index < -0.39 is 0 Å². The largest absolute Gasteiger partial charge is 0.412 e. The predicted octanol–water partition coefficient (Wildman–Crippen LogP) is 1.19. The van der Waals surface area contributed by atoms with Crippen molar-refractivity contribution in [2.75, 3.05) is 13.1 Å². The molecule has 4 nitrogen and oxygen atoms in total. The molecular weight excluding hydrogens is 178 g/mol. The lowest BCUT2D eigenvalue weighted by molar-refractivity contribution is 0.375. The average Bonchev–Trinajstić information content (AvgIpc) is 2.54. The monoisotopic (exact) mass is 187 g/mol. The van der Waals surface area contributed by atoms with Gasteiger partial charge in [0.25, 0.3) is 0 Å². The molecule has 0 radical (unpaired) electrons. The molecule has 0 spiro atoms. The number of nitrogens with one attached hydrogen (secondary N) is 1. The topological polar surface area (TPSA) is 51.0 Å². The molecule has 1 aromatic heterocycles. The van der Waals surface area contributed by atoms with Gasteiger partial charge in [0.1, 0.15) is 0 Å². The van der Waals surface area contributed by atoms with Gasteiger partial charge < -0.3 is 9.73 Å². The van der Waals surface area contributed by atoms with Crippen molar-refractivity contribution in [3.05, 3.63) is 11.2 Å². The van der Waals surface area contributed by atoms with Gasteiger partial charge in [0.2, 0.25) is 5.89 Å². The van der Waals surface area contributed by atoms with Gasteiger partial charge in [0, 0.05) is 5.92 Å². The molecule has 66 valence electrons. The first kappa shape index (κ1) is 8.01. The third-order valence-corrected chi connectivity index (χ3v) is 2.26. The minimum atomic E-state index is 0.142. The summed E-state index contributed by atoms with van der Waals surface area (Å²) in [7, 11) is 0. The fourth-order valence-corrected chi connectivity index (χ4v) is 1.57. The van der Waals surface area contributed by atoms with Gasteiger partial charge in [-0.2, -0.15) is 0 Å². The standard InChI is InChI=1S/C7H10ClN3O/c8-7-11-10-6(12-7)5-1-3-9-4-2-5/h5,9H,1-4H2. The average molecular weight is 188 g/mol. The molecule has 0 atom stereocenters. The van der Waals surface area contributed by atoms with Crippen molar-refractivity contribution in [1.82, 2.24) is 15.5 Å². The Hall–Kier alpha value is -0.610. The maximum atomic E-state index is 5.52. The summed E-state index contributed by atoms with van der Waals surface area (Å²) < 4.78 is 5.14. The normalized spacial score (nSPS) is 19.8. The lowest BCUT2D eigenvalue weighted by Crippen LogP contribution is -2.26. The van der Waals surface area contributed by atoms with Crippen LogP contribution in [0.4, 0.5) is 0 Å². The summed E-state index contributed by atoms with van der Waals surface area (Å²) in [5, 5.41) is 10.9. The summed E-state index contributed by atoms with van der Waals surface area (Å²) in [6.45, 7) is 2.04. The highest BCUT2D eigenvalue weighted by atomic mass is 35.5. The van der Waals surface area contributed by atoms with E-state index in [-0.39, 0.29) is 5.35 Å². The molecule has 1 fully saturated rings. The first-order chi connectivity index (χ1) is 5.86. The Bertz CT molecular complexity index is 257. The SMILES string of the molecule is Clc1nnc(C2CCNCC2)o1. The van der Waals surface area contributed by atoms with Crippen molar-refractivity contribution >= 4 is 11.6 Å². The summed E-state index contributed by atoms with van der Waals surface area (Å²) >= 11 is 5.52. The van der Waals surface area contributed by atoms with Crippen LogP contribution in [0.15, 0.2) is 4.42 Å². The molecule has 1 aromatic rings. The summed E-state index contributed by atoms with van der Waals surface area (Å²) in [5.41, 5.74) is 0. The Balaban J connectivity index is 2.08. The minimum absolute atomic E-state index is 0.142. The Morgan fingerprint density at radius 3 is 2.67 bits per heavy atom. The molecule has 1 aliphatic rings. The van der Waals surface area contributed by atoms with Gasteiger partial charge in [-0.15, -0.1) is 5.10 Å². The van der Waals surface area contributed by atoms with E-state index in [0.717, 1.165) is 25.9 Å². The van der Waals surface area contributed by atoms with Gasteiger partial charge in [-0.1, -0.05) is 5.10 Å². The minimum Gasteiger partial charge on any atom is -0.412 e. The first-order valence-electron chi connectivity index (χ1n) is 4.06. The van der Waals surface area contributed by atoms with Crippen LogP contribution >= 0.6 is 11.6 Å². The third kappa shape index (κ3) is 1.59. The van der Waals surface area contributed by atoms with Crippen molar-refractivity contribution < 1.29 is 4.42 Å². The van der Waals surface area contributed by atoms with Crippen molar-refractivity contribution in [2.45, 2.75) is 18.8 Å². The molecule has 1 aliphatic heterocycles. The van der Waals surface area contributed by atoms with Crippen molar-refractivity contribution in [2.24, 2.45) is 0 Å². The Kier molecular flexibility index (Phi) is 2.28. The van der Waals surface area contributed by atoms with E-state index in [1.165, 1.54) is 0 Å². The molecule has 1 saturated heterocycles. The summed E-state index contributed by atoms with van der Waals surface area (Å²) in [6.07, 6.45) is 2.11. The van der Waals surface area contributed by atoms with Crippen LogP contribution in [0.2, 0.25) is 5.35 Å². The summed E-state index contributed by atoms with van der Waals surface area (Å²) in [6, 6.07) is 0. The summed E-state index contributed by atoms with van der Waals surface area (Å²) in [5.74, 6) is 1.08. The fourth-order valence-electron chi connectivity index (χ4n) is 1.45. The predicted molar refractivity (Wildman–Crippen MR) is 44.2 cm³/mol. The second-order valence-electron chi connectivity index (χ2n) is 2.92. The van der Waals surface area contributed by atoms with E-state index in [9.17, 15) is 0 Å². The van der Waals surface area contributed by atoms with Crippen LogP contribution in [0, 0.1) is 0 Å². The third-order valence-electron chi connectivity index (χ3n) is 2.10. The van der Waals surface area contributed by atoms with Crippen molar-refractivity contribution in [3.8, 4) is 0 Å². The zero-order chi connectivity index (χ0) is 8.39. The zero-order valence-corrected chi connectivity index (χ0v) is 7.34. The fraction of sp³-hybridized carbons (Fsp3) is 0.714. The van der Waals surface area contributed by atoms with Crippen LogP contribution in [0.5, 0.6) is 0 Å². The number of aromatic nitrogens is 2. The second-order valence-corrected chi connectivity index (χ2v) is 3.24. The molecule has 0 amide bonds. The van der Waals surface area contributed by atoms with Crippen LogP contribution in [0.1, 0.15) is 24.7 Å². The first-order valence-corrected chi connectivity index (χ1v) is 4.43. The van der Waals surface area contributed by atoms with Crippen molar-refractivity contribution in [3.63, 3.8) is 0 Å². The van der Waals surface area contributed by atoms with E-state index in [1.54, 1.807) is 0 Å². The van der Waals surface area contributed by atoms with Crippen LogP contribution in [-0.2, 0) is 0 Å². The molecule has 12 heavy (non-hydrogen) atoms. The van der Waals surface area contributed by atoms with Crippen LogP contribution in [-0.4, -0.2) is 23.3 Å². The highest BCUT2D eigenvalue weighted by Crippen LogP contribution is 2.24. The highest BCUT2D eigenvalue weighted by Gasteiger charge is 2.20.